The van der Waals surface area contributed by atoms with Gasteiger partial charge in [-0.25, -0.2) is 0 Å². The van der Waals surface area contributed by atoms with E-state index in [1.54, 1.807) is 0 Å². The summed E-state index contributed by atoms with van der Waals surface area (Å²) in [4.78, 5) is 14.3. The van der Waals surface area contributed by atoms with E-state index < -0.39 is 0 Å². The molecule has 4 heteroatoms. The number of unbranched alkanes of at least 4 members (excludes halogenated alkanes) is 1. The van der Waals surface area contributed by atoms with Crippen molar-refractivity contribution in [1.29, 1.82) is 0 Å². The van der Waals surface area contributed by atoms with Gasteiger partial charge in [0.15, 0.2) is 0 Å². The summed E-state index contributed by atoms with van der Waals surface area (Å²) < 4.78 is 0. The van der Waals surface area contributed by atoms with E-state index >= 15 is 0 Å². The summed E-state index contributed by atoms with van der Waals surface area (Å²) in [6.45, 7) is 5.63. The quantitative estimate of drug-likeness (QED) is 0.743. The van der Waals surface area contributed by atoms with Gasteiger partial charge in [0.25, 0.3) is 0 Å². The van der Waals surface area contributed by atoms with Gasteiger partial charge < -0.3 is 15.3 Å². The van der Waals surface area contributed by atoms with Crippen LogP contribution in [0.5, 0.6) is 0 Å². The molecule has 18 heavy (non-hydrogen) atoms. The molecule has 1 aliphatic heterocycles. The van der Waals surface area contributed by atoms with E-state index in [-0.39, 0.29) is 12.5 Å². The first kappa shape index (κ1) is 13.8. The van der Waals surface area contributed by atoms with Gasteiger partial charge in [-0.15, -0.1) is 0 Å². The third-order valence-electron chi connectivity index (χ3n) is 4.55. The Kier molecular flexibility index (Phi) is 4.62. The highest BCUT2D eigenvalue weighted by Crippen LogP contribution is 2.59. The first-order chi connectivity index (χ1) is 8.73. The molecule has 1 amide bonds. The summed E-state index contributed by atoms with van der Waals surface area (Å²) in [7, 11) is 0. The average molecular weight is 254 g/mol. The predicted octanol–water partition coefficient (Wildman–Crippen LogP) is 0.997. The van der Waals surface area contributed by atoms with Crippen LogP contribution in [0.25, 0.3) is 0 Å². The number of hydrogen-bond donors (Lipinski definition) is 2. The summed E-state index contributed by atoms with van der Waals surface area (Å²) in [5.74, 6) is 0.530. The van der Waals surface area contributed by atoms with Crippen molar-refractivity contribution >= 4 is 5.91 Å². The van der Waals surface area contributed by atoms with Gasteiger partial charge in [0, 0.05) is 19.0 Å². The van der Waals surface area contributed by atoms with Crippen LogP contribution in [0.15, 0.2) is 0 Å². The Bertz CT molecular complexity index is 282. The second-order valence-electron chi connectivity index (χ2n) is 5.77. The van der Waals surface area contributed by atoms with E-state index in [1.165, 1.54) is 0 Å². The minimum absolute atomic E-state index is 0.0801. The average Bonchev–Trinajstić information content (AvgIpc) is 3.08. The second kappa shape index (κ2) is 6.02. The zero-order valence-corrected chi connectivity index (χ0v) is 11.5. The van der Waals surface area contributed by atoms with E-state index in [1.807, 2.05) is 4.90 Å². The molecule has 0 aromatic rings. The van der Waals surface area contributed by atoms with Crippen LogP contribution in [-0.2, 0) is 4.79 Å². The van der Waals surface area contributed by atoms with Crippen LogP contribution in [0, 0.1) is 11.3 Å². The molecule has 1 unspecified atom stereocenters. The maximum Gasteiger partial charge on any atom is 0.226 e. The number of aliphatic hydroxyl groups is 1. The monoisotopic (exact) mass is 254 g/mol. The molecule has 4 nitrogen and oxygen atoms in total. The summed E-state index contributed by atoms with van der Waals surface area (Å²) in [5.41, 5.74) is 0.308. The molecule has 2 aliphatic rings. The fourth-order valence-electron chi connectivity index (χ4n) is 3.20. The molecular weight excluding hydrogens is 228 g/mol. The molecule has 2 N–H and O–H groups in total. The Morgan fingerprint density at radius 3 is 2.72 bits per heavy atom. The van der Waals surface area contributed by atoms with E-state index in [9.17, 15) is 4.79 Å². The highest BCUT2D eigenvalue weighted by atomic mass is 16.3. The molecule has 0 bridgehead atoms. The lowest BCUT2D eigenvalue weighted by Gasteiger charge is -2.26. The van der Waals surface area contributed by atoms with Crippen LogP contribution in [0.3, 0.4) is 0 Å². The number of aliphatic hydroxyl groups excluding tert-OH is 1. The lowest BCUT2D eigenvalue weighted by Crippen LogP contribution is -2.38. The van der Waals surface area contributed by atoms with Crippen molar-refractivity contribution in [2.24, 2.45) is 11.3 Å². The first-order valence-corrected chi connectivity index (χ1v) is 7.34. The normalized spacial score (nSPS) is 25.1. The maximum absolute atomic E-state index is 12.5. The highest BCUT2D eigenvalue weighted by Gasteiger charge is 2.58. The number of carbonyl (C=O) groups excluding carboxylic acids is 1. The Morgan fingerprint density at radius 1 is 1.39 bits per heavy atom. The largest absolute Gasteiger partial charge is 0.395 e. The van der Waals surface area contributed by atoms with Gasteiger partial charge in [-0.1, -0.05) is 13.3 Å². The van der Waals surface area contributed by atoms with Gasteiger partial charge in [-0.2, -0.15) is 0 Å². The number of hydrogen-bond acceptors (Lipinski definition) is 3. The van der Waals surface area contributed by atoms with Crippen molar-refractivity contribution in [2.45, 2.75) is 39.0 Å². The van der Waals surface area contributed by atoms with Gasteiger partial charge >= 0.3 is 0 Å². The van der Waals surface area contributed by atoms with Crippen LogP contribution in [-0.4, -0.2) is 48.7 Å². The fraction of sp³-hybridized carbons (Fsp3) is 0.929. The minimum Gasteiger partial charge on any atom is -0.395 e. The smallest absolute Gasteiger partial charge is 0.226 e. The maximum atomic E-state index is 12.5. The third-order valence-corrected chi connectivity index (χ3v) is 4.55. The fourth-order valence-corrected chi connectivity index (χ4v) is 3.20. The summed E-state index contributed by atoms with van der Waals surface area (Å²) in [6.07, 6.45) is 5.48. The Hall–Kier alpha value is -0.610. The molecule has 2 rings (SSSR count). The van der Waals surface area contributed by atoms with Crippen LogP contribution in [0.2, 0.25) is 0 Å². The van der Waals surface area contributed by atoms with Crippen molar-refractivity contribution in [3.63, 3.8) is 0 Å². The Morgan fingerprint density at radius 2 is 2.11 bits per heavy atom. The van der Waals surface area contributed by atoms with Gasteiger partial charge in [0.2, 0.25) is 5.91 Å². The zero-order valence-electron chi connectivity index (χ0n) is 11.5. The minimum atomic E-state index is 0.0801. The number of rotatable bonds is 6. The molecule has 1 heterocycles. The summed E-state index contributed by atoms with van der Waals surface area (Å²) >= 11 is 0. The molecule has 1 aliphatic carbocycles. The van der Waals surface area contributed by atoms with Gasteiger partial charge in [0.05, 0.1) is 6.61 Å². The second-order valence-corrected chi connectivity index (χ2v) is 5.77. The number of carbonyl (C=O) groups is 1. The molecule has 0 radical (unpaired) electrons. The predicted molar refractivity (Wildman–Crippen MR) is 71.2 cm³/mol. The Balaban J connectivity index is 1.89. The lowest BCUT2D eigenvalue weighted by atomic mass is 9.91. The van der Waals surface area contributed by atoms with Crippen molar-refractivity contribution in [2.75, 3.05) is 32.8 Å². The van der Waals surface area contributed by atoms with Crippen LogP contribution >= 0.6 is 0 Å². The number of amides is 1. The molecule has 1 spiro atoms. The van der Waals surface area contributed by atoms with Crippen LogP contribution < -0.4 is 5.32 Å². The highest BCUT2D eigenvalue weighted by molar-refractivity contribution is 5.82. The van der Waals surface area contributed by atoms with Crippen molar-refractivity contribution < 1.29 is 9.90 Å². The Labute approximate surface area is 110 Å². The molecule has 1 saturated carbocycles. The van der Waals surface area contributed by atoms with Crippen molar-refractivity contribution in [3.8, 4) is 0 Å². The van der Waals surface area contributed by atoms with Gasteiger partial charge in [0.1, 0.15) is 0 Å². The molecule has 2 fully saturated rings. The lowest BCUT2D eigenvalue weighted by molar-refractivity contribution is -0.134. The molecule has 1 saturated heterocycles. The molecule has 0 aromatic heterocycles. The third kappa shape index (κ3) is 2.86. The van der Waals surface area contributed by atoms with Crippen LogP contribution in [0.1, 0.15) is 39.0 Å². The topological polar surface area (TPSA) is 52.6 Å². The van der Waals surface area contributed by atoms with Crippen LogP contribution in [0.4, 0.5) is 0 Å². The van der Waals surface area contributed by atoms with E-state index in [0.29, 0.717) is 17.9 Å². The molecule has 1 atom stereocenters. The van der Waals surface area contributed by atoms with E-state index in [0.717, 1.165) is 51.7 Å². The zero-order chi connectivity index (χ0) is 13.0. The van der Waals surface area contributed by atoms with Crippen molar-refractivity contribution in [3.05, 3.63) is 0 Å². The first-order valence-electron chi connectivity index (χ1n) is 7.34. The summed E-state index contributed by atoms with van der Waals surface area (Å²) in [6, 6.07) is 0. The molecule has 104 valence electrons. The summed E-state index contributed by atoms with van der Waals surface area (Å²) in [5, 5.41) is 12.4. The van der Waals surface area contributed by atoms with E-state index in [2.05, 4.69) is 12.2 Å². The number of nitrogens with one attached hydrogen (secondary N) is 1. The number of nitrogens with zero attached hydrogens (tertiary/aromatic N) is 1. The standard InChI is InChI=1S/C14H26N2O2/c1-2-3-8-16(9-10-17)13(18)12-11-14(12)4-6-15-7-5-14/h12,15,17H,2-11H2,1H3. The number of piperidine rings is 1. The van der Waals surface area contributed by atoms with Gasteiger partial charge in [-0.3, -0.25) is 4.79 Å². The van der Waals surface area contributed by atoms with E-state index in [4.69, 9.17) is 5.11 Å². The van der Waals surface area contributed by atoms with Gasteiger partial charge in [-0.05, 0) is 44.2 Å². The molecular formula is C14H26N2O2. The SMILES string of the molecule is CCCCN(CCO)C(=O)C1CC12CCNCC2. The molecule has 0 aromatic carbocycles. The van der Waals surface area contributed by atoms with Crippen molar-refractivity contribution in [1.82, 2.24) is 10.2 Å².